The Hall–Kier alpha value is -2.24. The van der Waals surface area contributed by atoms with Crippen LogP contribution in [0.1, 0.15) is 45.0 Å². The van der Waals surface area contributed by atoms with Crippen molar-refractivity contribution in [3.63, 3.8) is 0 Å². The van der Waals surface area contributed by atoms with E-state index < -0.39 is 11.6 Å². The van der Waals surface area contributed by atoms with Crippen LogP contribution in [-0.2, 0) is 4.74 Å². The Bertz CT molecular complexity index is 619. The van der Waals surface area contributed by atoms with E-state index in [-0.39, 0.29) is 23.6 Å². The van der Waals surface area contributed by atoms with Crippen molar-refractivity contribution in [2.45, 2.75) is 46.3 Å². The highest BCUT2D eigenvalue weighted by Crippen LogP contribution is 2.25. The number of anilines is 1. The number of ether oxygens (including phenoxy) is 1. The van der Waals surface area contributed by atoms with Gasteiger partial charge in [0.25, 0.3) is 0 Å². The number of carbonyl (C=O) groups excluding carboxylic acids is 1. The molecule has 1 aliphatic heterocycles. The Labute approximate surface area is 149 Å². The lowest BCUT2D eigenvalue weighted by Crippen LogP contribution is -2.58. The molecule has 1 aromatic carbocycles. The maximum Gasteiger partial charge on any atom is 0.410 e. The zero-order chi connectivity index (χ0) is 18.8. The molecule has 6 nitrogen and oxygen atoms in total. The van der Waals surface area contributed by atoms with Crippen LogP contribution in [0.15, 0.2) is 24.3 Å². The van der Waals surface area contributed by atoms with Crippen molar-refractivity contribution in [3.05, 3.63) is 29.8 Å². The van der Waals surface area contributed by atoms with Crippen molar-refractivity contribution in [3.8, 4) is 0 Å². The molecule has 1 N–H and O–H groups in total. The molecule has 2 rings (SSSR count). The van der Waals surface area contributed by atoms with Gasteiger partial charge in [0.1, 0.15) is 5.60 Å². The summed E-state index contributed by atoms with van der Waals surface area (Å²) >= 11 is 0. The number of rotatable bonds is 3. The third-order valence-electron chi connectivity index (χ3n) is 4.30. The average molecular weight is 348 g/mol. The Balaban J connectivity index is 2.12. The number of hydrogen-bond acceptors (Lipinski definition) is 4. The summed E-state index contributed by atoms with van der Waals surface area (Å²) in [5, 5.41) is 9.02. The second-order valence-corrected chi connectivity index (χ2v) is 7.78. The van der Waals surface area contributed by atoms with Gasteiger partial charge in [-0.15, -0.1) is 0 Å². The Morgan fingerprint density at radius 1 is 1.16 bits per heavy atom. The van der Waals surface area contributed by atoms with Crippen LogP contribution < -0.4 is 4.90 Å². The van der Waals surface area contributed by atoms with Crippen molar-refractivity contribution in [1.29, 1.82) is 0 Å². The molecule has 1 unspecified atom stereocenters. The molecule has 1 atom stereocenters. The zero-order valence-corrected chi connectivity index (χ0v) is 15.7. The first kappa shape index (κ1) is 19.1. The van der Waals surface area contributed by atoms with Gasteiger partial charge in [-0.2, -0.15) is 0 Å². The van der Waals surface area contributed by atoms with Crippen molar-refractivity contribution in [2.75, 3.05) is 24.5 Å². The first-order valence-electron chi connectivity index (χ1n) is 8.66. The van der Waals surface area contributed by atoms with E-state index >= 15 is 0 Å². The molecule has 6 heteroatoms. The van der Waals surface area contributed by atoms with Crippen LogP contribution >= 0.6 is 0 Å². The third-order valence-corrected chi connectivity index (χ3v) is 4.30. The first-order chi connectivity index (χ1) is 11.6. The van der Waals surface area contributed by atoms with E-state index in [1.165, 1.54) is 0 Å². The van der Waals surface area contributed by atoms with Crippen LogP contribution in [0.2, 0.25) is 0 Å². The normalized spacial score (nSPS) is 18.4. The predicted octanol–water partition coefficient (Wildman–Crippen LogP) is 3.47. The van der Waals surface area contributed by atoms with Gasteiger partial charge in [-0.05, 0) is 51.0 Å². The maximum atomic E-state index is 12.5. The minimum absolute atomic E-state index is 0.0442. The van der Waals surface area contributed by atoms with Crippen molar-refractivity contribution in [1.82, 2.24) is 4.90 Å². The molecule has 1 aliphatic rings. The molecule has 1 amide bonds. The summed E-state index contributed by atoms with van der Waals surface area (Å²) in [6.07, 6.45) is -0.271. The fourth-order valence-electron chi connectivity index (χ4n) is 2.98. The predicted molar refractivity (Wildman–Crippen MR) is 97.2 cm³/mol. The first-order valence-corrected chi connectivity index (χ1v) is 8.66. The van der Waals surface area contributed by atoms with Gasteiger partial charge in [0.15, 0.2) is 0 Å². The smallest absolute Gasteiger partial charge is 0.410 e. The number of amides is 1. The van der Waals surface area contributed by atoms with Crippen LogP contribution in [-0.4, -0.2) is 53.3 Å². The van der Waals surface area contributed by atoms with E-state index in [1.54, 1.807) is 12.1 Å². The SMILES string of the molecule is CC(C)C1CN(c2ccc(C(=O)O)cc2)CCN1C(=O)OC(C)(C)C. The molecule has 0 bridgehead atoms. The number of aromatic carboxylic acids is 1. The summed E-state index contributed by atoms with van der Waals surface area (Å²) in [6.45, 7) is 11.8. The lowest BCUT2D eigenvalue weighted by Gasteiger charge is -2.44. The molecule has 0 aliphatic carbocycles. The number of piperazine rings is 1. The third kappa shape index (κ3) is 4.87. The van der Waals surface area contributed by atoms with Crippen LogP contribution in [0.3, 0.4) is 0 Å². The summed E-state index contributed by atoms with van der Waals surface area (Å²) in [6, 6.07) is 6.92. The summed E-state index contributed by atoms with van der Waals surface area (Å²) in [5.74, 6) is -0.644. The summed E-state index contributed by atoms with van der Waals surface area (Å²) in [7, 11) is 0. The van der Waals surface area contributed by atoms with Gasteiger partial charge in [-0.1, -0.05) is 13.8 Å². The number of carboxylic acids is 1. The van der Waals surface area contributed by atoms with Gasteiger partial charge >= 0.3 is 12.1 Å². The van der Waals surface area contributed by atoms with E-state index in [1.807, 2.05) is 37.8 Å². The topological polar surface area (TPSA) is 70.1 Å². The molecule has 1 heterocycles. The lowest BCUT2D eigenvalue weighted by atomic mass is 9.99. The minimum Gasteiger partial charge on any atom is -0.478 e. The Kier molecular flexibility index (Phi) is 5.60. The molecule has 138 valence electrons. The molecular weight excluding hydrogens is 320 g/mol. The van der Waals surface area contributed by atoms with Gasteiger partial charge in [0.05, 0.1) is 11.6 Å². The fraction of sp³-hybridized carbons (Fsp3) is 0.579. The van der Waals surface area contributed by atoms with Crippen molar-refractivity contribution >= 4 is 17.7 Å². The molecule has 0 spiro atoms. The molecule has 0 aromatic heterocycles. The monoisotopic (exact) mass is 348 g/mol. The summed E-state index contributed by atoms with van der Waals surface area (Å²) in [5.41, 5.74) is 0.735. The molecule has 1 saturated heterocycles. The molecule has 25 heavy (non-hydrogen) atoms. The lowest BCUT2D eigenvalue weighted by molar-refractivity contribution is 0.00881. The van der Waals surface area contributed by atoms with Gasteiger partial charge in [-0.25, -0.2) is 9.59 Å². The second-order valence-electron chi connectivity index (χ2n) is 7.78. The second kappa shape index (κ2) is 7.33. The van der Waals surface area contributed by atoms with E-state index in [4.69, 9.17) is 9.84 Å². The summed E-state index contributed by atoms with van der Waals surface area (Å²) < 4.78 is 5.54. The van der Waals surface area contributed by atoms with Crippen LogP contribution in [0.4, 0.5) is 10.5 Å². The maximum absolute atomic E-state index is 12.5. The molecular formula is C19H28N2O4. The van der Waals surface area contributed by atoms with E-state index in [0.29, 0.717) is 19.6 Å². The molecule has 1 aromatic rings. The zero-order valence-electron chi connectivity index (χ0n) is 15.7. The number of nitrogens with zero attached hydrogens (tertiary/aromatic N) is 2. The average Bonchev–Trinajstić information content (AvgIpc) is 2.52. The van der Waals surface area contributed by atoms with Crippen LogP contribution in [0.5, 0.6) is 0 Å². The van der Waals surface area contributed by atoms with Gasteiger partial charge < -0.3 is 19.6 Å². The van der Waals surface area contributed by atoms with E-state index in [9.17, 15) is 9.59 Å². The number of hydrogen-bond donors (Lipinski definition) is 1. The largest absolute Gasteiger partial charge is 0.478 e. The van der Waals surface area contributed by atoms with Crippen LogP contribution in [0.25, 0.3) is 0 Å². The standard InChI is InChI=1S/C19H28N2O4/c1-13(2)16-12-20(15-8-6-14(7-9-15)17(22)23)10-11-21(16)18(24)25-19(3,4)5/h6-9,13,16H,10-12H2,1-5H3,(H,22,23). The van der Waals surface area contributed by atoms with Crippen molar-refractivity contribution < 1.29 is 19.4 Å². The quantitative estimate of drug-likeness (QED) is 0.906. The Morgan fingerprint density at radius 2 is 1.76 bits per heavy atom. The van der Waals surface area contributed by atoms with Gasteiger partial charge in [0.2, 0.25) is 0 Å². The van der Waals surface area contributed by atoms with E-state index in [0.717, 1.165) is 5.69 Å². The molecule has 0 saturated carbocycles. The molecule has 0 radical (unpaired) electrons. The number of carbonyl (C=O) groups is 2. The van der Waals surface area contributed by atoms with E-state index in [2.05, 4.69) is 18.7 Å². The number of benzene rings is 1. The summed E-state index contributed by atoms with van der Waals surface area (Å²) in [4.78, 5) is 27.5. The van der Waals surface area contributed by atoms with Gasteiger partial charge in [-0.3, -0.25) is 0 Å². The minimum atomic E-state index is -0.929. The highest BCUT2D eigenvalue weighted by Gasteiger charge is 2.35. The molecule has 1 fully saturated rings. The fourth-order valence-corrected chi connectivity index (χ4v) is 2.98. The highest BCUT2D eigenvalue weighted by molar-refractivity contribution is 5.88. The highest BCUT2D eigenvalue weighted by atomic mass is 16.6. The Morgan fingerprint density at radius 3 is 2.24 bits per heavy atom. The van der Waals surface area contributed by atoms with Gasteiger partial charge in [0, 0.05) is 25.3 Å². The van der Waals surface area contributed by atoms with Crippen LogP contribution in [0, 0.1) is 5.92 Å². The number of carboxylic acid groups (broad SMARTS) is 1. The van der Waals surface area contributed by atoms with Crippen molar-refractivity contribution in [2.24, 2.45) is 5.92 Å².